The maximum atomic E-state index is 13.1. The van der Waals surface area contributed by atoms with E-state index < -0.39 is 0 Å². The van der Waals surface area contributed by atoms with Gasteiger partial charge in [-0.1, -0.05) is 35.0 Å². The van der Waals surface area contributed by atoms with Gasteiger partial charge in [-0.3, -0.25) is 9.78 Å². The molecule has 4 rings (SSSR count). The topological polar surface area (TPSA) is 59.2 Å². The highest BCUT2D eigenvalue weighted by Gasteiger charge is 2.38. The number of hydrogen-bond acceptors (Lipinski definition) is 4. The second-order valence-corrected chi connectivity index (χ2v) is 6.90. The molecule has 0 aliphatic heterocycles. The summed E-state index contributed by atoms with van der Waals surface area (Å²) in [5.41, 5.74) is 1.96. The maximum absolute atomic E-state index is 13.1. The highest BCUT2D eigenvalue weighted by atomic mass is 35.5. The number of rotatable bonds is 5. The van der Waals surface area contributed by atoms with Crippen molar-refractivity contribution in [3.63, 3.8) is 0 Å². The molecule has 1 atom stereocenters. The summed E-state index contributed by atoms with van der Waals surface area (Å²) in [6, 6.07) is 14.8. The Kier molecular flexibility index (Phi) is 4.47. The lowest BCUT2D eigenvalue weighted by molar-refractivity contribution is 0.0659. The third-order valence-corrected chi connectivity index (χ3v) is 4.78. The van der Waals surface area contributed by atoms with Crippen LogP contribution >= 0.6 is 11.6 Å². The van der Waals surface area contributed by atoms with Gasteiger partial charge < -0.3 is 9.42 Å². The van der Waals surface area contributed by atoms with Gasteiger partial charge in [0.1, 0.15) is 0 Å². The molecule has 1 unspecified atom stereocenters. The number of halogens is 1. The highest BCUT2D eigenvalue weighted by molar-refractivity contribution is 6.30. The molecule has 0 N–H and O–H groups in total. The zero-order valence-electron chi connectivity index (χ0n) is 14.3. The number of nitrogens with zero attached hydrogens (tertiary/aromatic N) is 3. The number of benzene rings is 1. The molecule has 2 aromatic heterocycles. The highest BCUT2D eigenvalue weighted by Crippen LogP contribution is 2.35. The fourth-order valence-corrected chi connectivity index (χ4v) is 3.25. The zero-order chi connectivity index (χ0) is 18.1. The maximum Gasteiger partial charge on any atom is 0.276 e. The molecule has 0 spiro atoms. The van der Waals surface area contributed by atoms with Gasteiger partial charge in [0, 0.05) is 28.9 Å². The van der Waals surface area contributed by atoms with Crippen molar-refractivity contribution < 1.29 is 9.32 Å². The number of pyridine rings is 1. The van der Waals surface area contributed by atoms with Crippen LogP contribution in [0.4, 0.5) is 0 Å². The Labute approximate surface area is 156 Å². The molecule has 1 aliphatic rings. The van der Waals surface area contributed by atoms with E-state index in [9.17, 15) is 4.79 Å². The molecular formula is C20H18ClN3O2. The van der Waals surface area contributed by atoms with Gasteiger partial charge >= 0.3 is 0 Å². The van der Waals surface area contributed by atoms with Crippen LogP contribution in [0.1, 0.15) is 42.0 Å². The fourth-order valence-electron chi connectivity index (χ4n) is 3.06. The minimum Gasteiger partial charge on any atom is -0.355 e. The SMILES string of the molecule is CC(c1ccccn1)N(C(=O)c1cc(-c2cccc(Cl)c2)on1)C1CC1. The molecule has 3 aromatic rings. The Hall–Kier alpha value is -2.66. The number of carbonyl (C=O) groups excluding carboxylic acids is 1. The zero-order valence-corrected chi connectivity index (χ0v) is 15.1. The molecule has 1 saturated carbocycles. The quantitative estimate of drug-likeness (QED) is 0.652. The third kappa shape index (κ3) is 3.35. The van der Waals surface area contributed by atoms with E-state index in [0.29, 0.717) is 16.5 Å². The monoisotopic (exact) mass is 367 g/mol. The Bertz CT molecular complexity index is 922. The molecule has 5 nitrogen and oxygen atoms in total. The molecule has 2 heterocycles. The van der Waals surface area contributed by atoms with E-state index >= 15 is 0 Å². The first-order valence-corrected chi connectivity index (χ1v) is 8.97. The number of hydrogen-bond donors (Lipinski definition) is 0. The molecule has 1 aromatic carbocycles. The molecule has 6 heteroatoms. The van der Waals surface area contributed by atoms with E-state index in [0.717, 1.165) is 24.1 Å². The van der Waals surface area contributed by atoms with E-state index in [1.807, 2.05) is 42.2 Å². The third-order valence-electron chi connectivity index (χ3n) is 4.55. The first-order valence-electron chi connectivity index (χ1n) is 8.60. The van der Waals surface area contributed by atoms with Crippen LogP contribution in [-0.2, 0) is 0 Å². The Balaban J connectivity index is 1.61. The summed E-state index contributed by atoms with van der Waals surface area (Å²) in [5.74, 6) is 0.389. The largest absolute Gasteiger partial charge is 0.355 e. The van der Waals surface area contributed by atoms with Crippen molar-refractivity contribution in [3.05, 3.63) is 71.1 Å². The molecule has 26 heavy (non-hydrogen) atoms. The van der Waals surface area contributed by atoms with Crippen LogP contribution in [0.15, 0.2) is 59.3 Å². The minimum absolute atomic E-state index is 0.123. The smallest absolute Gasteiger partial charge is 0.276 e. The van der Waals surface area contributed by atoms with Gasteiger partial charge in [0.2, 0.25) is 0 Å². The lowest BCUT2D eigenvalue weighted by Gasteiger charge is -2.28. The summed E-state index contributed by atoms with van der Waals surface area (Å²) in [4.78, 5) is 19.4. The summed E-state index contributed by atoms with van der Waals surface area (Å²) < 4.78 is 5.39. The summed E-state index contributed by atoms with van der Waals surface area (Å²) in [7, 11) is 0. The minimum atomic E-state index is -0.136. The van der Waals surface area contributed by atoms with Crippen LogP contribution in [-0.4, -0.2) is 27.0 Å². The summed E-state index contributed by atoms with van der Waals surface area (Å²) >= 11 is 6.03. The normalized spacial score (nSPS) is 14.8. The number of carbonyl (C=O) groups is 1. The lowest BCUT2D eigenvalue weighted by Crippen LogP contribution is -2.36. The van der Waals surface area contributed by atoms with Gasteiger partial charge in [0.25, 0.3) is 5.91 Å². The van der Waals surface area contributed by atoms with E-state index in [1.54, 1.807) is 24.4 Å². The van der Waals surface area contributed by atoms with Gasteiger partial charge in [-0.15, -0.1) is 0 Å². The summed E-state index contributed by atoms with van der Waals surface area (Å²) in [6.07, 6.45) is 3.75. The van der Waals surface area contributed by atoms with E-state index in [2.05, 4.69) is 10.1 Å². The predicted molar refractivity (Wildman–Crippen MR) is 98.8 cm³/mol. The van der Waals surface area contributed by atoms with Crippen molar-refractivity contribution in [3.8, 4) is 11.3 Å². The van der Waals surface area contributed by atoms with Crippen LogP contribution in [0, 0.1) is 0 Å². The first kappa shape index (κ1) is 16.8. The molecule has 0 bridgehead atoms. The molecule has 1 fully saturated rings. The van der Waals surface area contributed by atoms with E-state index in [4.69, 9.17) is 16.1 Å². The van der Waals surface area contributed by atoms with Crippen LogP contribution in [0.25, 0.3) is 11.3 Å². The Morgan fingerprint density at radius 3 is 2.77 bits per heavy atom. The molecule has 132 valence electrons. The molecule has 1 amide bonds. The van der Waals surface area contributed by atoms with Crippen molar-refractivity contribution in [2.75, 3.05) is 0 Å². The van der Waals surface area contributed by atoms with Crippen LogP contribution in [0.2, 0.25) is 5.02 Å². The Morgan fingerprint density at radius 2 is 2.08 bits per heavy atom. The second-order valence-electron chi connectivity index (χ2n) is 6.46. The van der Waals surface area contributed by atoms with Crippen molar-refractivity contribution >= 4 is 17.5 Å². The first-order chi connectivity index (χ1) is 12.6. The summed E-state index contributed by atoms with van der Waals surface area (Å²) in [5, 5.41) is 4.61. The number of aromatic nitrogens is 2. The van der Waals surface area contributed by atoms with Gasteiger partial charge in [0.15, 0.2) is 11.5 Å². The van der Waals surface area contributed by atoms with Crippen molar-refractivity contribution in [2.45, 2.75) is 31.8 Å². The van der Waals surface area contributed by atoms with Crippen LogP contribution in [0.3, 0.4) is 0 Å². The average molecular weight is 368 g/mol. The van der Waals surface area contributed by atoms with Crippen molar-refractivity contribution in [2.24, 2.45) is 0 Å². The second kappa shape index (κ2) is 6.92. The average Bonchev–Trinajstić information content (AvgIpc) is 3.36. The van der Waals surface area contributed by atoms with Crippen molar-refractivity contribution in [1.29, 1.82) is 0 Å². The number of amides is 1. The fraction of sp³-hybridized carbons (Fsp3) is 0.250. The predicted octanol–water partition coefficient (Wildman–Crippen LogP) is 4.76. The molecule has 1 aliphatic carbocycles. The van der Waals surface area contributed by atoms with E-state index in [-0.39, 0.29) is 18.0 Å². The van der Waals surface area contributed by atoms with Crippen LogP contribution in [0.5, 0.6) is 0 Å². The van der Waals surface area contributed by atoms with Gasteiger partial charge in [-0.05, 0) is 44.0 Å². The van der Waals surface area contributed by atoms with Gasteiger partial charge in [-0.2, -0.15) is 0 Å². The Morgan fingerprint density at radius 1 is 1.23 bits per heavy atom. The van der Waals surface area contributed by atoms with Crippen LogP contribution < -0.4 is 0 Å². The molecule has 0 saturated heterocycles. The van der Waals surface area contributed by atoms with E-state index in [1.165, 1.54) is 0 Å². The van der Waals surface area contributed by atoms with Crippen molar-refractivity contribution in [1.82, 2.24) is 15.0 Å². The molecular weight excluding hydrogens is 350 g/mol. The van der Waals surface area contributed by atoms with Gasteiger partial charge in [-0.25, -0.2) is 0 Å². The standard InChI is InChI=1S/C20H18ClN3O2/c1-13(17-7-2-3-10-22-17)24(16-8-9-16)20(25)18-12-19(26-23-18)14-5-4-6-15(21)11-14/h2-7,10-13,16H,8-9H2,1H3. The molecule has 0 radical (unpaired) electrons. The van der Waals surface area contributed by atoms with Gasteiger partial charge in [0.05, 0.1) is 11.7 Å². The lowest BCUT2D eigenvalue weighted by atomic mass is 10.1. The summed E-state index contributed by atoms with van der Waals surface area (Å²) in [6.45, 7) is 2.00.